The molecule has 1 saturated carbocycles. The minimum atomic E-state index is -0.179. The van der Waals surface area contributed by atoms with Gasteiger partial charge in [-0.2, -0.15) is 0 Å². The number of aliphatic hydroxyl groups is 1. The van der Waals surface area contributed by atoms with Gasteiger partial charge in [0.05, 0.1) is 13.2 Å². The second kappa shape index (κ2) is 3.62. The predicted molar refractivity (Wildman–Crippen MR) is 55.5 cm³/mol. The Balaban J connectivity index is 2.05. The molecule has 0 aromatic heterocycles. The summed E-state index contributed by atoms with van der Waals surface area (Å²) in [6.45, 7) is 1.87. The van der Waals surface area contributed by atoms with Crippen LogP contribution in [-0.2, 0) is 0 Å². The molecule has 1 fully saturated rings. The summed E-state index contributed by atoms with van der Waals surface area (Å²) in [4.78, 5) is 0. The molecule has 1 aliphatic rings. The Morgan fingerprint density at radius 3 is 2.43 bits per heavy atom. The van der Waals surface area contributed by atoms with Crippen LogP contribution in [0.25, 0.3) is 0 Å². The number of hydrogen-bond acceptors (Lipinski definition) is 2. The zero-order valence-electron chi connectivity index (χ0n) is 8.60. The van der Waals surface area contributed by atoms with Gasteiger partial charge in [-0.15, -0.1) is 0 Å². The lowest BCUT2D eigenvalue weighted by molar-refractivity contribution is 0.169. The third-order valence-electron chi connectivity index (χ3n) is 3.00. The van der Waals surface area contributed by atoms with Gasteiger partial charge >= 0.3 is 0 Å². The first kappa shape index (κ1) is 9.53. The number of ether oxygens (including phenoxy) is 1. The van der Waals surface area contributed by atoms with Crippen LogP contribution in [0, 0.1) is 5.92 Å². The fraction of sp³-hybridized carbons (Fsp3) is 0.500. The van der Waals surface area contributed by atoms with Crippen molar-refractivity contribution in [2.24, 2.45) is 5.92 Å². The van der Waals surface area contributed by atoms with Gasteiger partial charge in [-0.25, -0.2) is 0 Å². The van der Waals surface area contributed by atoms with Gasteiger partial charge in [0, 0.05) is 0 Å². The maximum atomic E-state index is 9.40. The van der Waals surface area contributed by atoms with E-state index in [0.717, 1.165) is 12.2 Å². The lowest BCUT2D eigenvalue weighted by Crippen LogP contribution is -2.03. The van der Waals surface area contributed by atoms with E-state index in [4.69, 9.17) is 4.74 Å². The summed E-state index contributed by atoms with van der Waals surface area (Å²) in [5.41, 5.74) is 1.32. The first-order chi connectivity index (χ1) is 6.72. The number of rotatable bonds is 3. The summed E-state index contributed by atoms with van der Waals surface area (Å²) in [5.74, 6) is 1.91. The quantitative estimate of drug-likeness (QED) is 0.795. The van der Waals surface area contributed by atoms with Crippen LogP contribution in [0.4, 0.5) is 0 Å². The summed E-state index contributed by atoms with van der Waals surface area (Å²) >= 11 is 0. The van der Waals surface area contributed by atoms with Gasteiger partial charge in [0.1, 0.15) is 5.75 Å². The topological polar surface area (TPSA) is 29.5 Å². The van der Waals surface area contributed by atoms with Crippen molar-refractivity contribution in [1.82, 2.24) is 0 Å². The van der Waals surface area contributed by atoms with Crippen molar-refractivity contribution in [2.45, 2.75) is 25.4 Å². The van der Waals surface area contributed by atoms with Crippen LogP contribution in [-0.4, -0.2) is 18.3 Å². The van der Waals surface area contributed by atoms with E-state index < -0.39 is 0 Å². The van der Waals surface area contributed by atoms with Crippen LogP contribution in [0.3, 0.4) is 0 Å². The molecule has 0 amide bonds. The molecule has 3 atom stereocenters. The monoisotopic (exact) mass is 192 g/mol. The van der Waals surface area contributed by atoms with Gasteiger partial charge in [-0.05, 0) is 42.9 Å². The summed E-state index contributed by atoms with van der Waals surface area (Å²) in [5, 5.41) is 9.40. The van der Waals surface area contributed by atoms with Crippen molar-refractivity contribution in [1.29, 1.82) is 0 Å². The Hall–Kier alpha value is -1.02. The van der Waals surface area contributed by atoms with E-state index in [9.17, 15) is 5.11 Å². The third-order valence-corrected chi connectivity index (χ3v) is 3.00. The lowest BCUT2D eigenvalue weighted by atomic mass is 10.1. The van der Waals surface area contributed by atoms with E-state index in [1.807, 2.05) is 19.1 Å². The zero-order chi connectivity index (χ0) is 10.1. The molecule has 1 aromatic rings. The molecule has 76 valence electrons. The fourth-order valence-corrected chi connectivity index (χ4v) is 1.98. The molecule has 14 heavy (non-hydrogen) atoms. The smallest absolute Gasteiger partial charge is 0.118 e. The van der Waals surface area contributed by atoms with Gasteiger partial charge in [0.2, 0.25) is 0 Å². The molecule has 0 unspecified atom stereocenters. The van der Waals surface area contributed by atoms with E-state index in [0.29, 0.717) is 11.8 Å². The highest BCUT2D eigenvalue weighted by molar-refractivity contribution is 5.32. The highest BCUT2D eigenvalue weighted by Gasteiger charge is 2.41. The van der Waals surface area contributed by atoms with Crippen LogP contribution < -0.4 is 4.74 Å². The molecule has 0 spiro atoms. The lowest BCUT2D eigenvalue weighted by Gasteiger charge is -2.04. The van der Waals surface area contributed by atoms with Crippen molar-refractivity contribution >= 4 is 0 Å². The Bertz CT molecular complexity index is 303. The standard InChI is InChI=1S/C12H16O2/c1-8(13)11-7-12(11)9-3-5-10(14-2)6-4-9/h3-6,8,11-13H,7H2,1-2H3/t8-,11+,12+/m0/s1. The normalized spacial score (nSPS) is 27.1. The molecule has 0 radical (unpaired) electrons. The van der Waals surface area contributed by atoms with E-state index in [1.165, 1.54) is 5.56 Å². The second-order valence-corrected chi connectivity index (χ2v) is 4.02. The molecular formula is C12H16O2. The Morgan fingerprint density at radius 1 is 1.36 bits per heavy atom. The van der Waals surface area contributed by atoms with Crippen LogP contribution in [0.5, 0.6) is 5.75 Å². The van der Waals surface area contributed by atoms with Crippen molar-refractivity contribution < 1.29 is 9.84 Å². The Labute approximate surface area is 84.5 Å². The summed E-state index contributed by atoms with van der Waals surface area (Å²) in [6.07, 6.45) is 0.936. The minimum absolute atomic E-state index is 0.179. The number of benzene rings is 1. The van der Waals surface area contributed by atoms with E-state index in [2.05, 4.69) is 12.1 Å². The molecule has 1 aliphatic carbocycles. The average molecular weight is 192 g/mol. The molecule has 1 N–H and O–H groups in total. The number of methoxy groups -OCH3 is 1. The molecule has 2 heteroatoms. The average Bonchev–Trinajstić information content (AvgIpc) is 2.97. The highest BCUT2D eigenvalue weighted by atomic mass is 16.5. The van der Waals surface area contributed by atoms with E-state index in [1.54, 1.807) is 7.11 Å². The minimum Gasteiger partial charge on any atom is -0.497 e. The zero-order valence-corrected chi connectivity index (χ0v) is 8.60. The molecule has 0 aliphatic heterocycles. The van der Waals surface area contributed by atoms with Crippen molar-refractivity contribution in [2.75, 3.05) is 7.11 Å². The fourth-order valence-electron chi connectivity index (χ4n) is 1.98. The van der Waals surface area contributed by atoms with Crippen molar-refractivity contribution in [3.05, 3.63) is 29.8 Å². The van der Waals surface area contributed by atoms with Gasteiger partial charge < -0.3 is 9.84 Å². The first-order valence-corrected chi connectivity index (χ1v) is 5.04. The first-order valence-electron chi connectivity index (χ1n) is 5.04. The van der Waals surface area contributed by atoms with E-state index in [-0.39, 0.29) is 6.10 Å². The summed E-state index contributed by atoms with van der Waals surface area (Å²) in [6, 6.07) is 8.14. The molecule has 1 aromatic carbocycles. The summed E-state index contributed by atoms with van der Waals surface area (Å²) in [7, 11) is 1.67. The van der Waals surface area contributed by atoms with Gasteiger partial charge in [-0.1, -0.05) is 12.1 Å². The third kappa shape index (κ3) is 1.75. The number of hydrogen-bond donors (Lipinski definition) is 1. The predicted octanol–water partition coefficient (Wildman–Crippen LogP) is 2.18. The second-order valence-electron chi connectivity index (χ2n) is 4.02. The van der Waals surface area contributed by atoms with Crippen molar-refractivity contribution in [3.63, 3.8) is 0 Å². The van der Waals surface area contributed by atoms with Crippen LogP contribution >= 0.6 is 0 Å². The number of aliphatic hydroxyl groups excluding tert-OH is 1. The summed E-state index contributed by atoms with van der Waals surface area (Å²) < 4.78 is 5.09. The SMILES string of the molecule is COc1ccc([C@H]2C[C@@H]2[C@H](C)O)cc1. The van der Waals surface area contributed by atoms with Crippen LogP contribution in [0.2, 0.25) is 0 Å². The Morgan fingerprint density at radius 2 is 2.00 bits per heavy atom. The van der Waals surface area contributed by atoms with Gasteiger partial charge in [0.25, 0.3) is 0 Å². The Kier molecular flexibility index (Phi) is 2.46. The highest BCUT2D eigenvalue weighted by Crippen LogP contribution is 2.49. The molecule has 0 bridgehead atoms. The molecule has 2 nitrogen and oxygen atoms in total. The van der Waals surface area contributed by atoms with Crippen LogP contribution in [0.1, 0.15) is 24.8 Å². The molecule has 0 saturated heterocycles. The largest absolute Gasteiger partial charge is 0.497 e. The van der Waals surface area contributed by atoms with Gasteiger partial charge in [0.15, 0.2) is 0 Å². The van der Waals surface area contributed by atoms with Crippen LogP contribution in [0.15, 0.2) is 24.3 Å². The van der Waals surface area contributed by atoms with Crippen molar-refractivity contribution in [3.8, 4) is 5.75 Å². The maximum Gasteiger partial charge on any atom is 0.118 e. The molecule has 2 rings (SSSR count). The maximum absolute atomic E-state index is 9.40. The molecular weight excluding hydrogens is 176 g/mol. The molecule has 0 heterocycles. The van der Waals surface area contributed by atoms with E-state index >= 15 is 0 Å². The van der Waals surface area contributed by atoms with Gasteiger partial charge in [-0.3, -0.25) is 0 Å².